The lowest BCUT2D eigenvalue weighted by Crippen LogP contribution is -1.70. The van der Waals surface area contributed by atoms with Crippen molar-refractivity contribution in [3.05, 3.63) is 24.0 Å². The minimum atomic E-state index is -1.16. The number of halogens is 1. The maximum absolute atomic E-state index is 5.75. The summed E-state index contributed by atoms with van der Waals surface area (Å²) in [6, 6.07) is 0. The van der Waals surface area contributed by atoms with Crippen LogP contribution >= 0.6 is 19.9 Å². The summed E-state index contributed by atoms with van der Waals surface area (Å²) in [7, 11) is 4.59. The Hall–Kier alpha value is 0.120. The fourth-order valence-electron chi connectivity index (χ4n) is 0.0680. The predicted octanol–water partition coefficient (Wildman–Crippen LogP) is 2.86. The summed E-state index contributed by atoms with van der Waals surface area (Å²) >= 11 is 0. The van der Waals surface area contributed by atoms with Crippen LogP contribution in [0.15, 0.2) is 24.0 Å². The molecule has 0 aliphatic heterocycles. The third kappa shape index (κ3) is 2.77. The largest absolute Gasteiger partial charge is 0.126 e. The van der Waals surface area contributed by atoms with Crippen LogP contribution < -0.4 is 0 Å². The Morgan fingerprint density at radius 3 is 1.71 bits per heavy atom. The van der Waals surface area contributed by atoms with Gasteiger partial charge in [0.05, 0.1) is 0 Å². The van der Waals surface area contributed by atoms with Crippen molar-refractivity contribution in [1.29, 1.82) is 0 Å². The quantitative estimate of drug-likeness (QED) is 0.548. The first-order chi connectivity index (χ1) is 3.12. The van der Waals surface area contributed by atoms with Crippen molar-refractivity contribution in [2.45, 2.75) is 0 Å². The maximum Gasteiger partial charge on any atom is -0.0146 e. The highest BCUT2D eigenvalue weighted by atomic mass is 35.7. The zero-order chi connectivity index (χ0) is 5.91. The second-order valence-corrected chi connectivity index (χ2v) is 5.81. The molecule has 0 radical (unpaired) electrons. The molecule has 0 unspecified atom stereocenters. The average molecular weight is 137 g/mol. The Balaban J connectivity index is 3.82. The molecule has 0 saturated carbocycles. The molecule has 0 aromatic carbocycles. The number of hydrogen-bond acceptors (Lipinski definition) is 0. The second kappa shape index (κ2) is 2.43. The molecule has 0 fully saturated rings. The molecule has 0 aliphatic rings. The van der Waals surface area contributed by atoms with Gasteiger partial charge in [-0.05, 0) is 17.1 Å². The van der Waals surface area contributed by atoms with Crippen LogP contribution in [0.25, 0.3) is 0 Å². The summed E-state index contributed by atoms with van der Waals surface area (Å²) in [6.45, 7) is 7.07. The molecular weight excluding hydrogens is 128 g/mol. The van der Waals surface area contributed by atoms with E-state index in [1.165, 1.54) is 0 Å². The average Bonchev–Trinajstić information content (AvgIpc) is 1.68. The Morgan fingerprint density at radius 1 is 1.43 bits per heavy atom. The highest BCUT2D eigenvalue weighted by molar-refractivity contribution is 8.54. The van der Waals surface area contributed by atoms with Gasteiger partial charge < -0.3 is 0 Å². The Morgan fingerprint density at radius 2 is 1.71 bits per heavy atom. The second-order valence-electron chi connectivity index (χ2n) is 1.27. The van der Waals surface area contributed by atoms with Gasteiger partial charge in [0.2, 0.25) is 0 Å². The lowest BCUT2D eigenvalue weighted by molar-refractivity contribution is 2.33. The minimum absolute atomic E-state index is 1.16. The Kier molecular flexibility index (Phi) is 2.47. The molecule has 0 bridgehead atoms. The van der Waals surface area contributed by atoms with Crippen LogP contribution in [-0.4, -0.2) is 6.26 Å². The molecule has 0 rings (SSSR count). The van der Waals surface area contributed by atoms with Gasteiger partial charge in [0.15, 0.2) is 0 Å². The lowest BCUT2D eigenvalue weighted by atomic mass is 11.3. The molecule has 0 atom stereocenters. The fourth-order valence-corrected chi connectivity index (χ4v) is 0.204. The van der Waals surface area contributed by atoms with Gasteiger partial charge in [0.25, 0.3) is 0 Å². The fraction of sp³-hybridized carbons (Fsp3) is 0.200. The number of rotatable bonds is 2. The highest BCUT2D eigenvalue weighted by Crippen LogP contribution is 2.51. The van der Waals surface area contributed by atoms with E-state index < -0.39 is 9.24 Å². The zero-order valence-corrected chi connectivity index (χ0v) is 5.93. The smallest absolute Gasteiger partial charge is 0.0146 e. The minimum Gasteiger partial charge on any atom is -0.126 e. The molecule has 0 nitrogen and oxygen atoms in total. The van der Waals surface area contributed by atoms with Gasteiger partial charge in [-0.1, -0.05) is 23.8 Å². The van der Waals surface area contributed by atoms with Crippen molar-refractivity contribution in [3.63, 3.8) is 0 Å². The summed E-state index contributed by atoms with van der Waals surface area (Å²) in [5.74, 6) is 0. The van der Waals surface area contributed by atoms with Crippen LogP contribution in [0, 0.1) is 0 Å². The lowest BCUT2D eigenvalue weighted by Gasteiger charge is -2.14. The van der Waals surface area contributed by atoms with Crippen LogP contribution in [0.4, 0.5) is 0 Å². The first-order valence-electron chi connectivity index (χ1n) is 1.85. The van der Waals surface area contributed by atoms with Crippen molar-refractivity contribution in [3.8, 4) is 0 Å². The molecule has 0 heterocycles. The van der Waals surface area contributed by atoms with Crippen molar-refractivity contribution in [2.24, 2.45) is 0 Å². The Bertz CT molecular complexity index is 76.1. The maximum atomic E-state index is 5.75. The van der Waals surface area contributed by atoms with Gasteiger partial charge in [-0.25, -0.2) is 0 Å². The van der Waals surface area contributed by atoms with Crippen molar-refractivity contribution < 1.29 is 0 Å². The zero-order valence-electron chi connectivity index (χ0n) is 4.36. The molecule has 2 heteroatoms. The monoisotopic (exact) mass is 136 g/mol. The summed E-state index contributed by atoms with van der Waals surface area (Å²) in [5.41, 5.74) is 0. The van der Waals surface area contributed by atoms with Crippen LogP contribution in [0.3, 0.4) is 0 Å². The first-order valence-corrected chi connectivity index (χ1v) is 4.84. The predicted molar refractivity (Wildman–Crippen MR) is 39.8 cm³/mol. The molecule has 42 valence electrons. The van der Waals surface area contributed by atoms with E-state index in [-0.39, 0.29) is 0 Å². The van der Waals surface area contributed by atoms with E-state index in [0.29, 0.717) is 0 Å². The van der Waals surface area contributed by atoms with E-state index in [4.69, 9.17) is 10.7 Å². The molecule has 0 N–H and O–H groups in total. The molecule has 0 saturated heterocycles. The molecule has 0 aromatic heterocycles. The van der Waals surface area contributed by atoms with E-state index in [1.807, 2.05) is 6.26 Å². The Labute approximate surface area is 50.7 Å². The van der Waals surface area contributed by atoms with Crippen LogP contribution in [0.1, 0.15) is 0 Å². The van der Waals surface area contributed by atoms with Crippen LogP contribution in [0.2, 0.25) is 0 Å². The van der Waals surface area contributed by atoms with Crippen LogP contribution in [0.5, 0.6) is 0 Å². The summed E-state index contributed by atoms with van der Waals surface area (Å²) < 4.78 is 0. The third-order valence-electron chi connectivity index (χ3n) is 0.652. The topological polar surface area (TPSA) is 0 Å². The molecule has 0 amide bonds. The van der Waals surface area contributed by atoms with Gasteiger partial charge in [-0.15, -0.1) is 9.24 Å². The SMILES string of the molecule is C=CS(C)(Cl)C=C. The first kappa shape index (κ1) is 7.12. The van der Waals surface area contributed by atoms with Crippen LogP contribution in [-0.2, 0) is 0 Å². The third-order valence-corrected chi connectivity index (χ3v) is 2.71. The van der Waals surface area contributed by atoms with E-state index in [9.17, 15) is 0 Å². The summed E-state index contributed by atoms with van der Waals surface area (Å²) in [5, 5.41) is 3.45. The van der Waals surface area contributed by atoms with E-state index in [2.05, 4.69) is 13.2 Å². The summed E-state index contributed by atoms with van der Waals surface area (Å²) in [4.78, 5) is 0. The van der Waals surface area contributed by atoms with Gasteiger partial charge in [0, 0.05) is 0 Å². The summed E-state index contributed by atoms with van der Waals surface area (Å²) in [6.07, 6.45) is 1.91. The van der Waals surface area contributed by atoms with Crippen molar-refractivity contribution >= 4 is 19.9 Å². The molecule has 0 aromatic rings. The van der Waals surface area contributed by atoms with Crippen molar-refractivity contribution in [1.82, 2.24) is 0 Å². The van der Waals surface area contributed by atoms with E-state index in [0.717, 1.165) is 0 Å². The van der Waals surface area contributed by atoms with Gasteiger partial charge in [-0.3, -0.25) is 0 Å². The highest BCUT2D eigenvalue weighted by Gasteiger charge is 1.99. The van der Waals surface area contributed by atoms with Crippen molar-refractivity contribution in [2.75, 3.05) is 6.26 Å². The molecule has 0 spiro atoms. The van der Waals surface area contributed by atoms with E-state index >= 15 is 0 Å². The normalized spacial score (nSPS) is 12.9. The van der Waals surface area contributed by atoms with Gasteiger partial charge in [0.1, 0.15) is 0 Å². The van der Waals surface area contributed by atoms with E-state index in [1.54, 1.807) is 10.8 Å². The molecular formula is C5H9ClS. The van der Waals surface area contributed by atoms with Gasteiger partial charge >= 0.3 is 0 Å². The standard InChI is InChI=1S/C5H9ClS/c1-4-7(3,6)5-2/h4-5H,1-2H2,3H3. The van der Waals surface area contributed by atoms with Gasteiger partial charge in [-0.2, -0.15) is 0 Å². The molecule has 0 aliphatic carbocycles. The molecule has 7 heavy (non-hydrogen) atoms. The number of hydrogen-bond donors (Lipinski definition) is 0.